The van der Waals surface area contributed by atoms with Crippen LogP contribution in [0.4, 0.5) is 0 Å². The molecule has 6 heteroatoms. The highest BCUT2D eigenvalue weighted by Gasteiger charge is 2.08. The Hall–Kier alpha value is -2.53. The van der Waals surface area contributed by atoms with Crippen molar-refractivity contribution in [2.24, 2.45) is 0 Å². The summed E-state index contributed by atoms with van der Waals surface area (Å²) in [5.74, 6) is 0.236. The van der Waals surface area contributed by atoms with Gasteiger partial charge in [0.25, 0.3) is 0 Å². The predicted octanol–water partition coefficient (Wildman–Crippen LogP) is 2.76. The highest BCUT2D eigenvalue weighted by Crippen LogP contribution is 2.11. The zero-order chi connectivity index (χ0) is 18.8. The molecule has 0 bridgehead atoms. The van der Waals surface area contributed by atoms with Crippen LogP contribution in [0.25, 0.3) is 0 Å². The second-order valence-corrected chi connectivity index (χ2v) is 6.29. The quantitative estimate of drug-likeness (QED) is 0.663. The van der Waals surface area contributed by atoms with Crippen LogP contribution < -0.4 is 15.4 Å². The van der Waals surface area contributed by atoms with Gasteiger partial charge >= 0.3 is 0 Å². The molecule has 0 aromatic heterocycles. The van der Waals surface area contributed by atoms with E-state index in [2.05, 4.69) is 10.6 Å². The molecular weight excluding hydrogens is 352 g/mol. The SMILES string of the molecule is COc1ccc(CCNC(=O)CC(=O)NCCc2cccc(Cl)c2)cc1. The second-order valence-electron chi connectivity index (χ2n) is 5.85. The molecular formula is C20H23ClN2O3. The van der Waals surface area contributed by atoms with Crippen molar-refractivity contribution >= 4 is 23.4 Å². The van der Waals surface area contributed by atoms with Crippen LogP contribution in [-0.4, -0.2) is 32.0 Å². The minimum atomic E-state index is -0.283. The summed E-state index contributed by atoms with van der Waals surface area (Å²) in [5, 5.41) is 6.17. The minimum absolute atomic E-state index is 0.168. The molecule has 5 nitrogen and oxygen atoms in total. The van der Waals surface area contributed by atoms with Crippen LogP contribution >= 0.6 is 11.6 Å². The van der Waals surface area contributed by atoms with Crippen molar-refractivity contribution in [1.82, 2.24) is 10.6 Å². The van der Waals surface area contributed by atoms with E-state index in [9.17, 15) is 9.59 Å². The maximum Gasteiger partial charge on any atom is 0.229 e. The van der Waals surface area contributed by atoms with Gasteiger partial charge in [0.05, 0.1) is 7.11 Å². The van der Waals surface area contributed by atoms with Gasteiger partial charge in [-0.25, -0.2) is 0 Å². The van der Waals surface area contributed by atoms with E-state index in [1.54, 1.807) is 13.2 Å². The van der Waals surface area contributed by atoms with Gasteiger partial charge in [-0.15, -0.1) is 0 Å². The van der Waals surface area contributed by atoms with E-state index in [1.807, 2.05) is 42.5 Å². The summed E-state index contributed by atoms with van der Waals surface area (Å²) in [6.45, 7) is 0.958. The summed E-state index contributed by atoms with van der Waals surface area (Å²) in [5.41, 5.74) is 2.14. The van der Waals surface area contributed by atoms with Gasteiger partial charge in [-0.05, 0) is 48.2 Å². The Balaban J connectivity index is 1.61. The fraction of sp³-hybridized carbons (Fsp3) is 0.300. The number of amides is 2. The molecule has 0 fully saturated rings. The lowest BCUT2D eigenvalue weighted by molar-refractivity contribution is -0.129. The zero-order valence-electron chi connectivity index (χ0n) is 14.8. The lowest BCUT2D eigenvalue weighted by Gasteiger charge is -2.07. The largest absolute Gasteiger partial charge is 0.497 e. The molecule has 0 heterocycles. The highest BCUT2D eigenvalue weighted by molar-refractivity contribution is 6.30. The second kappa shape index (κ2) is 10.5. The predicted molar refractivity (Wildman–Crippen MR) is 102 cm³/mol. The summed E-state index contributed by atoms with van der Waals surface area (Å²) in [6, 6.07) is 15.1. The third kappa shape index (κ3) is 7.15. The van der Waals surface area contributed by atoms with Gasteiger partial charge in [-0.2, -0.15) is 0 Å². The first-order valence-corrected chi connectivity index (χ1v) is 8.85. The van der Waals surface area contributed by atoms with E-state index >= 15 is 0 Å². The number of carbonyl (C=O) groups is 2. The van der Waals surface area contributed by atoms with Crippen molar-refractivity contribution in [3.05, 3.63) is 64.7 Å². The standard InChI is InChI=1S/C20H23ClN2O3/c1-26-18-7-5-15(6-8-18)9-11-22-19(24)14-20(25)23-12-10-16-3-2-4-17(21)13-16/h2-8,13H,9-12,14H2,1H3,(H,22,24)(H,23,25). The molecule has 138 valence electrons. The highest BCUT2D eigenvalue weighted by atomic mass is 35.5. The summed E-state index contributed by atoms with van der Waals surface area (Å²) in [7, 11) is 1.62. The monoisotopic (exact) mass is 374 g/mol. The molecule has 0 radical (unpaired) electrons. The van der Waals surface area contributed by atoms with Crippen LogP contribution in [0.15, 0.2) is 48.5 Å². The molecule has 0 aliphatic rings. The number of rotatable bonds is 9. The van der Waals surface area contributed by atoms with Gasteiger partial charge in [0, 0.05) is 18.1 Å². The molecule has 26 heavy (non-hydrogen) atoms. The number of ether oxygens (including phenoxy) is 1. The normalized spacial score (nSPS) is 10.2. The molecule has 2 amide bonds. The smallest absolute Gasteiger partial charge is 0.229 e. The Labute approximate surface area is 158 Å². The fourth-order valence-corrected chi connectivity index (χ4v) is 2.66. The number of halogens is 1. The Morgan fingerprint density at radius 3 is 2.12 bits per heavy atom. The van der Waals surface area contributed by atoms with Crippen LogP contribution in [0.1, 0.15) is 17.5 Å². The summed E-state index contributed by atoms with van der Waals surface area (Å²) in [6.07, 6.45) is 1.20. The van der Waals surface area contributed by atoms with Gasteiger partial charge < -0.3 is 15.4 Å². The van der Waals surface area contributed by atoms with Gasteiger partial charge in [-0.1, -0.05) is 35.9 Å². The van der Waals surface area contributed by atoms with Gasteiger partial charge in [0.2, 0.25) is 11.8 Å². The summed E-state index contributed by atoms with van der Waals surface area (Å²) in [4.78, 5) is 23.6. The number of benzene rings is 2. The molecule has 0 saturated carbocycles. The van der Waals surface area contributed by atoms with E-state index in [0.717, 1.165) is 16.9 Å². The molecule has 0 aliphatic carbocycles. The Bertz CT molecular complexity index is 732. The third-order valence-electron chi connectivity index (χ3n) is 3.84. The van der Waals surface area contributed by atoms with E-state index < -0.39 is 0 Å². The number of hydrogen-bond acceptors (Lipinski definition) is 3. The van der Waals surface area contributed by atoms with Gasteiger partial charge in [0.15, 0.2) is 0 Å². The maximum atomic E-state index is 11.8. The van der Waals surface area contributed by atoms with E-state index in [4.69, 9.17) is 16.3 Å². The Morgan fingerprint density at radius 2 is 1.54 bits per heavy atom. The third-order valence-corrected chi connectivity index (χ3v) is 4.08. The molecule has 2 N–H and O–H groups in total. The van der Waals surface area contributed by atoms with Crippen molar-refractivity contribution in [3.63, 3.8) is 0 Å². The number of hydrogen-bond donors (Lipinski definition) is 2. The van der Waals surface area contributed by atoms with Crippen LogP contribution in [0.5, 0.6) is 5.75 Å². The van der Waals surface area contributed by atoms with E-state index in [0.29, 0.717) is 31.0 Å². The van der Waals surface area contributed by atoms with Crippen molar-refractivity contribution in [2.45, 2.75) is 19.3 Å². The van der Waals surface area contributed by atoms with E-state index in [1.165, 1.54) is 0 Å². The molecule has 0 spiro atoms. The van der Waals surface area contributed by atoms with Crippen LogP contribution in [-0.2, 0) is 22.4 Å². The van der Waals surface area contributed by atoms with Crippen LogP contribution in [0, 0.1) is 0 Å². The Morgan fingerprint density at radius 1 is 0.923 bits per heavy atom. The fourth-order valence-electron chi connectivity index (χ4n) is 2.45. The first-order valence-electron chi connectivity index (χ1n) is 8.47. The van der Waals surface area contributed by atoms with Crippen molar-refractivity contribution in [2.75, 3.05) is 20.2 Å². The average Bonchev–Trinajstić information content (AvgIpc) is 2.62. The lowest BCUT2D eigenvalue weighted by Crippen LogP contribution is -2.33. The van der Waals surface area contributed by atoms with Gasteiger partial charge in [0.1, 0.15) is 12.2 Å². The topological polar surface area (TPSA) is 67.4 Å². The molecule has 2 aromatic rings. The van der Waals surface area contributed by atoms with E-state index in [-0.39, 0.29) is 18.2 Å². The minimum Gasteiger partial charge on any atom is -0.497 e. The number of carbonyl (C=O) groups excluding carboxylic acids is 2. The van der Waals surface area contributed by atoms with Crippen LogP contribution in [0.3, 0.4) is 0 Å². The zero-order valence-corrected chi connectivity index (χ0v) is 15.5. The van der Waals surface area contributed by atoms with Crippen LogP contribution in [0.2, 0.25) is 5.02 Å². The molecule has 2 aromatic carbocycles. The maximum absolute atomic E-state index is 11.8. The first kappa shape index (κ1) is 19.8. The summed E-state index contributed by atoms with van der Waals surface area (Å²) >= 11 is 5.92. The van der Waals surface area contributed by atoms with Crippen molar-refractivity contribution in [3.8, 4) is 5.75 Å². The average molecular weight is 375 g/mol. The lowest BCUT2D eigenvalue weighted by atomic mass is 10.1. The Kier molecular flexibility index (Phi) is 7.96. The molecule has 0 atom stereocenters. The van der Waals surface area contributed by atoms with Crippen molar-refractivity contribution in [1.29, 1.82) is 0 Å². The first-order chi connectivity index (χ1) is 12.6. The molecule has 0 aliphatic heterocycles. The van der Waals surface area contributed by atoms with Crippen molar-refractivity contribution < 1.29 is 14.3 Å². The number of nitrogens with one attached hydrogen (secondary N) is 2. The number of methoxy groups -OCH3 is 1. The summed E-state index contributed by atoms with van der Waals surface area (Å²) < 4.78 is 5.10. The van der Waals surface area contributed by atoms with Gasteiger partial charge in [-0.3, -0.25) is 9.59 Å². The molecule has 0 unspecified atom stereocenters. The molecule has 2 rings (SSSR count). The molecule has 0 saturated heterocycles.